The molecule has 0 saturated carbocycles. The summed E-state index contributed by atoms with van der Waals surface area (Å²) in [6.07, 6.45) is -2.54. The van der Waals surface area contributed by atoms with E-state index in [0.29, 0.717) is 5.69 Å². The normalized spacial score (nSPS) is 11.2. The largest absolute Gasteiger partial charge is 0.464 e. The van der Waals surface area contributed by atoms with Gasteiger partial charge in [0.15, 0.2) is 5.69 Å². The zero-order chi connectivity index (χ0) is 12.3. The van der Waals surface area contributed by atoms with Crippen LogP contribution < -0.4 is 0 Å². The van der Waals surface area contributed by atoms with E-state index in [4.69, 9.17) is 0 Å². The molecule has 0 saturated heterocycles. The molecule has 1 rings (SSSR count). The van der Waals surface area contributed by atoms with E-state index in [1.165, 1.54) is 7.11 Å². The van der Waals surface area contributed by atoms with E-state index in [9.17, 15) is 13.6 Å². The van der Waals surface area contributed by atoms with Gasteiger partial charge in [-0.15, -0.1) is 5.10 Å². The summed E-state index contributed by atoms with van der Waals surface area (Å²) in [4.78, 5) is 11.3. The van der Waals surface area contributed by atoms with Crippen LogP contribution in [0.25, 0.3) is 0 Å². The molecule has 0 aliphatic carbocycles. The fourth-order valence-corrected chi connectivity index (χ4v) is 1.40. The zero-order valence-corrected chi connectivity index (χ0v) is 9.28. The van der Waals surface area contributed by atoms with Gasteiger partial charge in [0.25, 0.3) is 6.43 Å². The van der Waals surface area contributed by atoms with E-state index in [1.807, 2.05) is 0 Å². The first-order valence-corrected chi connectivity index (χ1v) is 4.77. The minimum absolute atomic E-state index is 0.00171. The zero-order valence-electron chi connectivity index (χ0n) is 9.28. The van der Waals surface area contributed by atoms with Crippen molar-refractivity contribution in [3.8, 4) is 0 Å². The number of methoxy groups -OCH3 is 1. The molecule has 1 aromatic heterocycles. The summed E-state index contributed by atoms with van der Waals surface area (Å²) in [5.74, 6) is -0.799. The summed E-state index contributed by atoms with van der Waals surface area (Å²) in [5, 5.41) is 7.10. The Morgan fingerprint density at radius 1 is 1.50 bits per heavy atom. The lowest BCUT2D eigenvalue weighted by Gasteiger charge is -2.09. The standard InChI is InChI=1S/C9H13F2N3O2/c1-5(2)8-7(9(15)16-3)12-13-14(8)4-6(10)11/h5-6H,4H2,1-3H3. The second-order valence-corrected chi connectivity index (χ2v) is 3.54. The average molecular weight is 233 g/mol. The summed E-state index contributed by atoms with van der Waals surface area (Å²) < 4.78 is 30.0. The molecule has 0 spiro atoms. The predicted molar refractivity (Wildman–Crippen MR) is 51.5 cm³/mol. The number of hydrogen-bond donors (Lipinski definition) is 0. The first-order valence-electron chi connectivity index (χ1n) is 4.77. The highest BCUT2D eigenvalue weighted by atomic mass is 19.3. The fraction of sp³-hybridized carbons (Fsp3) is 0.667. The second-order valence-electron chi connectivity index (χ2n) is 3.54. The lowest BCUT2D eigenvalue weighted by atomic mass is 10.1. The Kier molecular flexibility index (Phi) is 3.92. The van der Waals surface area contributed by atoms with Crippen LogP contribution in [0.15, 0.2) is 0 Å². The number of carbonyl (C=O) groups excluding carboxylic acids is 1. The van der Waals surface area contributed by atoms with Crippen molar-refractivity contribution in [1.29, 1.82) is 0 Å². The Balaban J connectivity index is 3.11. The highest BCUT2D eigenvalue weighted by Gasteiger charge is 2.23. The summed E-state index contributed by atoms with van der Waals surface area (Å²) in [7, 11) is 1.21. The fourth-order valence-electron chi connectivity index (χ4n) is 1.40. The minimum Gasteiger partial charge on any atom is -0.464 e. The maximum absolute atomic E-state index is 12.3. The van der Waals surface area contributed by atoms with Crippen molar-refractivity contribution >= 4 is 5.97 Å². The Morgan fingerprint density at radius 2 is 2.12 bits per heavy atom. The summed E-state index contributed by atoms with van der Waals surface area (Å²) in [5.41, 5.74) is 0.366. The van der Waals surface area contributed by atoms with Crippen molar-refractivity contribution in [2.24, 2.45) is 0 Å². The number of aromatic nitrogens is 3. The average Bonchev–Trinajstić information content (AvgIpc) is 2.59. The van der Waals surface area contributed by atoms with Crippen LogP contribution in [0.2, 0.25) is 0 Å². The van der Waals surface area contributed by atoms with Gasteiger partial charge in [0.1, 0.15) is 6.54 Å². The molecule has 0 fully saturated rings. The molecule has 0 atom stereocenters. The summed E-state index contributed by atoms with van der Waals surface area (Å²) in [6.45, 7) is 2.97. The van der Waals surface area contributed by atoms with Crippen LogP contribution in [0.1, 0.15) is 35.9 Å². The smallest absolute Gasteiger partial charge is 0.360 e. The maximum Gasteiger partial charge on any atom is 0.360 e. The quantitative estimate of drug-likeness (QED) is 0.738. The molecule has 0 amide bonds. The van der Waals surface area contributed by atoms with Crippen LogP contribution in [0.4, 0.5) is 8.78 Å². The minimum atomic E-state index is -2.54. The van der Waals surface area contributed by atoms with Crippen LogP contribution in [0, 0.1) is 0 Å². The van der Waals surface area contributed by atoms with E-state index in [-0.39, 0.29) is 11.6 Å². The lowest BCUT2D eigenvalue weighted by molar-refractivity contribution is 0.0591. The molecular weight excluding hydrogens is 220 g/mol. The molecule has 0 unspecified atom stereocenters. The van der Waals surface area contributed by atoms with Gasteiger partial charge in [0, 0.05) is 0 Å². The third-order valence-electron chi connectivity index (χ3n) is 2.01. The van der Waals surface area contributed by atoms with E-state index in [1.54, 1.807) is 13.8 Å². The molecule has 16 heavy (non-hydrogen) atoms. The first-order chi connectivity index (χ1) is 7.47. The van der Waals surface area contributed by atoms with Gasteiger partial charge in [-0.1, -0.05) is 19.1 Å². The van der Waals surface area contributed by atoms with E-state index < -0.39 is 18.9 Å². The summed E-state index contributed by atoms with van der Waals surface area (Å²) in [6, 6.07) is 0. The monoisotopic (exact) mass is 233 g/mol. The Hall–Kier alpha value is -1.53. The Morgan fingerprint density at radius 3 is 2.56 bits per heavy atom. The highest BCUT2D eigenvalue weighted by molar-refractivity contribution is 5.88. The number of ether oxygens (including phenoxy) is 1. The summed E-state index contributed by atoms with van der Waals surface area (Å²) >= 11 is 0. The van der Waals surface area contributed by atoms with Gasteiger partial charge in [-0.2, -0.15) is 0 Å². The third-order valence-corrected chi connectivity index (χ3v) is 2.01. The number of nitrogens with zero attached hydrogens (tertiary/aromatic N) is 3. The first kappa shape index (κ1) is 12.5. The van der Waals surface area contributed by atoms with Gasteiger partial charge < -0.3 is 4.74 Å². The van der Waals surface area contributed by atoms with Crippen molar-refractivity contribution in [3.05, 3.63) is 11.4 Å². The molecule has 5 nitrogen and oxygen atoms in total. The van der Waals surface area contributed by atoms with Gasteiger partial charge in [-0.25, -0.2) is 18.3 Å². The topological polar surface area (TPSA) is 57.0 Å². The molecule has 0 bridgehead atoms. The molecule has 0 aliphatic rings. The molecule has 0 aliphatic heterocycles. The number of rotatable bonds is 4. The van der Waals surface area contributed by atoms with Crippen molar-refractivity contribution in [1.82, 2.24) is 15.0 Å². The van der Waals surface area contributed by atoms with Crippen molar-refractivity contribution < 1.29 is 18.3 Å². The van der Waals surface area contributed by atoms with Crippen LogP contribution in [0.3, 0.4) is 0 Å². The number of carbonyl (C=O) groups is 1. The second kappa shape index (κ2) is 5.00. The van der Waals surface area contributed by atoms with Gasteiger partial charge in [-0.3, -0.25) is 0 Å². The Labute approximate surface area is 91.4 Å². The highest BCUT2D eigenvalue weighted by Crippen LogP contribution is 2.19. The SMILES string of the molecule is COC(=O)c1nnn(CC(F)F)c1C(C)C. The van der Waals surface area contributed by atoms with Crippen LogP contribution in [-0.4, -0.2) is 34.5 Å². The predicted octanol–water partition coefficient (Wildman–Crippen LogP) is 1.45. The molecule has 7 heteroatoms. The third kappa shape index (κ3) is 2.53. The molecule has 0 radical (unpaired) electrons. The van der Waals surface area contributed by atoms with Gasteiger partial charge in [0.2, 0.25) is 0 Å². The van der Waals surface area contributed by atoms with E-state index in [0.717, 1.165) is 4.68 Å². The van der Waals surface area contributed by atoms with Crippen molar-refractivity contribution in [2.75, 3.05) is 7.11 Å². The van der Waals surface area contributed by atoms with Crippen LogP contribution in [-0.2, 0) is 11.3 Å². The number of esters is 1. The van der Waals surface area contributed by atoms with Gasteiger partial charge >= 0.3 is 5.97 Å². The molecule has 0 aromatic carbocycles. The van der Waals surface area contributed by atoms with Crippen molar-refractivity contribution in [2.45, 2.75) is 32.7 Å². The van der Waals surface area contributed by atoms with Crippen LogP contribution in [0.5, 0.6) is 0 Å². The number of alkyl halides is 2. The van der Waals surface area contributed by atoms with Gasteiger partial charge in [-0.05, 0) is 5.92 Å². The number of hydrogen-bond acceptors (Lipinski definition) is 4. The molecule has 90 valence electrons. The maximum atomic E-state index is 12.3. The van der Waals surface area contributed by atoms with E-state index >= 15 is 0 Å². The van der Waals surface area contributed by atoms with Crippen molar-refractivity contribution in [3.63, 3.8) is 0 Å². The molecule has 1 aromatic rings. The van der Waals surface area contributed by atoms with E-state index in [2.05, 4.69) is 15.0 Å². The van der Waals surface area contributed by atoms with Crippen LogP contribution >= 0.6 is 0 Å². The Bertz CT molecular complexity index is 377. The lowest BCUT2D eigenvalue weighted by Crippen LogP contribution is -2.14. The molecular formula is C9H13F2N3O2. The number of halogens is 2. The molecule has 1 heterocycles. The molecule has 0 N–H and O–H groups in total. The van der Waals surface area contributed by atoms with Gasteiger partial charge in [0.05, 0.1) is 12.8 Å².